The summed E-state index contributed by atoms with van der Waals surface area (Å²) in [6.07, 6.45) is 6.04. The first-order chi connectivity index (χ1) is 11.7. The summed E-state index contributed by atoms with van der Waals surface area (Å²) in [4.78, 5) is 16.3. The van der Waals surface area contributed by atoms with Crippen molar-refractivity contribution in [1.29, 1.82) is 0 Å². The molecule has 0 spiro atoms. The van der Waals surface area contributed by atoms with Crippen molar-refractivity contribution in [2.45, 2.75) is 38.6 Å². The van der Waals surface area contributed by atoms with Gasteiger partial charge in [-0.1, -0.05) is 24.3 Å². The second-order valence-corrected chi connectivity index (χ2v) is 7.26. The summed E-state index contributed by atoms with van der Waals surface area (Å²) in [6.45, 7) is 5.56. The van der Waals surface area contributed by atoms with E-state index in [1.807, 2.05) is 4.90 Å². The maximum absolute atomic E-state index is 11.8. The van der Waals surface area contributed by atoms with Gasteiger partial charge in [0.15, 0.2) is 0 Å². The lowest BCUT2D eigenvalue weighted by Gasteiger charge is -2.32. The molecule has 1 aromatic carbocycles. The number of carbonyl (C=O) groups is 1. The number of benzene rings is 1. The van der Waals surface area contributed by atoms with E-state index in [9.17, 15) is 4.79 Å². The molecule has 2 aliphatic rings. The molecule has 0 radical (unpaired) electrons. The molecule has 2 aliphatic heterocycles. The van der Waals surface area contributed by atoms with E-state index in [4.69, 9.17) is 4.74 Å². The number of methoxy groups -OCH3 is 1. The van der Waals surface area contributed by atoms with Crippen LogP contribution in [0.3, 0.4) is 0 Å². The second-order valence-electron chi connectivity index (χ2n) is 7.26. The summed E-state index contributed by atoms with van der Waals surface area (Å²) in [5.41, 5.74) is 2.86. The summed E-state index contributed by atoms with van der Waals surface area (Å²) in [5, 5.41) is 0. The number of ether oxygens (including phenoxy) is 1. The molecule has 0 N–H and O–H groups in total. The van der Waals surface area contributed by atoms with Crippen molar-refractivity contribution >= 4 is 5.91 Å². The highest BCUT2D eigenvalue weighted by Crippen LogP contribution is 2.22. The number of hydrogen-bond donors (Lipinski definition) is 0. The summed E-state index contributed by atoms with van der Waals surface area (Å²) in [6, 6.07) is 9.19. The van der Waals surface area contributed by atoms with Crippen molar-refractivity contribution in [3.63, 3.8) is 0 Å². The maximum Gasteiger partial charge on any atom is 0.248 e. The Morgan fingerprint density at radius 1 is 1.04 bits per heavy atom. The van der Waals surface area contributed by atoms with Crippen LogP contribution in [-0.2, 0) is 22.5 Å². The molecule has 4 heteroatoms. The molecule has 1 aromatic rings. The van der Waals surface area contributed by atoms with Crippen molar-refractivity contribution in [3.8, 4) is 0 Å². The van der Waals surface area contributed by atoms with E-state index in [2.05, 4.69) is 29.2 Å². The topological polar surface area (TPSA) is 32.8 Å². The van der Waals surface area contributed by atoms with Crippen molar-refractivity contribution in [1.82, 2.24) is 9.80 Å². The molecule has 0 saturated carbocycles. The van der Waals surface area contributed by atoms with Crippen molar-refractivity contribution in [3.05, 3.63) is 35.4 Å². The van der Waals surface area contributed by atoms with Crippen LogP contribution in [0, 0.1) is 5.92 Å². The Balaban J connectivity index is 1.44. The van der Waals surface area contributed by atoms with Gasteiger partial charge in [-0.15, -0.1) is 0 Å². The minimum Gasteiger partial charge on any atom is -0.375 e. The minimum atomic E-state index is 0.127. The fourth-order valence-electron chi connectivity index (χ4n) is 3.91. The monoisotopic (exact) mass is 330 g/mol. The first kappa shape index (κ1) is 17.4. The SMILES string of the molecule is COCC(=O)N1CCC(Cc2ccc(CN3CCCC3)cc2)CC1. The fourth-order valence-corrected chi connectivity index (χ4v) is 3.91. The standard InChI is InChI=1S/C20H30N2O2/c1-24-16-20(23)22-12-8-18(9-13-22)14-17-4-6-19(7-5-17)15-21-10-2-3-11-21/h4-7,18H,2-3,8-16H2,1H3. The smallest absolute Gasteiger partial charge is 0.248 e. The van der Waals surface area contributed by atoms with Crippen molar-refractivity contribution in [2.24, 2.45) is 5.92 Å². The van der Waals surface area contributed by atoms with Gasteiger partial charge >= 0.3 is 0 Å². The lowest BCUT2D eigenvalue weighted by atomic mass is 9.90. The zero-order valence-electron chi connectivity index (χ0n) is 14.9. The Hall–Kier alpha value is -1.39. The number of piperidine rings is 1. The van der Waals surface area contributed by atoms with Crippen LogP contribution in [0.2, 0.25) is 0 Å². The number of likely N-dealkylation sites (tertiary alicyclic amines) is 2. The molecular weight excluding hydrogens is 300 g/mol. The number of rotatable bonds is 6. The lowest BCUT2D eigenvalue weighted by Crippen LogP contribution is -2.40. The van der Waals surface area contributed by atoms with Crippen LogP contribution in [0.15, 0.2) is 24.3 Å². The lowest BCUT2D eigenvalue weighted by molar-refractivity contribution is -0.136. The third-order valence-electron chi connectivity index (χ3n) is 5.39. The van der Waals surface area contributed by atoms with Gasteiger partial charge in [-0.2, -0.15) is 0 Å². The summed E-state index contributed by atoms with van der Waals surface area (Å²) in [7, 11) is 1.58. The second kappa shape index (κ2) is 8.63. The quantitative estimate of drug-likeness (QED) is 0.804. The van der Waals surface area contributed by atoms with Crippen LogP contribution >= 0.6 is 0 Å². The van der Waals surface area contributed by atoms with Gasteiger partial charge in [-0.05, 0) is 62.2 Å². The molecule has 4 nitrogen and oxygen atoms in total. The Labute approximate surface area is 145 Å². The first-order valence-electron chi connectivity index (χ1n) is 9.31. The van der Waals surface area contributed by atoms with Gasteiger partial charge in [-0.25, -0.2) is 0 Å². The van der Waals surface area contributed by atoms with Crippen molar-refractivity contribution < 1.29 is 9.53 Å². The Morgan fingerprint density at radius 2 is 1.67 bits per heavy atom. The van der Waals surface area contributed by atoms with Gasteiger partial charge in [0.1, 0.15) is 6.61 Å². The van der Waals surface area contributed by atoms with E-state index < -0.39 is 0 Å². The van der Waals surface area contributed by atoms with Gasteiger partial charge in [0.2, 0.25) is 5.91 Å². The first-order valence-corrected chi connectivity index (χ1v) is 9.31. The number of carbonyl (C=O) groups excluding carboxylic acids is 1. The largest absolute Gasteiger partial charge is 0.375 e. The van der Waals surface area contributed by atoms with Crippen molar-refractivity contribution in [2.75, 3.05) is 39.9 Å². The van der Waals surface area contributed by atoms with Gasteiger partial charge in [0.05, 0.1) is 0 Å². The molecule has 2 fully saturated rings. The molecule has 0 bridgehead atoms. The van der Waals surface area contributed by atoms with E-state index in [1.165, 1.54) is 37.1 Å². The maximum atomic E-state index is 11.8. The third kappa shape index (κ3) is 4.81. The molecule has 3 rings (SSSR count). The zero-order chi connectivity index (χ0) is 16.8. The summed E-state index contributed by atoms with van der Waals surface area (Å²) < 4.78 is 4.94. The Kier molecular flexibility index (Phi) is 6.27. The molecule has 1 amide bonds. The van der Waals surface area contributed by atoms with E-state index in [1.54, 1.807) is 7.11 Å². The average molecular weight is 330 g/mol. The number of nitrogens with zero attached hydrogens (tertiary/aromatic N) is 2. The van der Waals surface area contributed by atoms with E-state index in [-0.39, 0.29) is 12.5 Å². The Bertz CT molecular complexity index is 515. The summed E-state index contributed by atoms with van der Waals surface area (Å²) >= 11 is 0. The van der Waals surface area contributed by atoms with Gasteiger partial charge in [-0.3, -0.25) is 9.69 Å². The van der Waals surface area contributed by atoms with Crippen LogP contribution in [0.4, 0.5) is 0 Å². The highest BCUT2D eigenvalue weighted by atomic mass is 16.5. The third-order valence-corrected chi connectivity index (χ3v) is 5.39. The predicted molar refractivity (Wildman–Crippen MR) is 95.8 cm³/mol. The Morgan fingerprint density at radius 3 is 2.29 bits per heavy atom. The molecule has 132 valence electrons. The van der Waals surface area contributed by atoms with Crippen LogP contribution in [0.5, 0.6) is 0 Å². The molecule has 0 unspecified atom stereocenters. The number of hydrogen-bond acceptors (Lipinski definition) is 3. The van der Waals surface area contributed by atoms with Gasteiger partial charge < -0.3 is 9.64 Å². The van der Waals surface area contributed by atoms with E-state index in [0.29, 0.717) is 5.92 Å². The van der Waals surface area contributed by atoms with Crippen LogP contribution in [0.1, 0.15) is 36.8 Å². The highest BCUT2D eigenvalue weighted by Gasteiger charge is 2.22. The van der Waals surface area contributed by atoms with E-state index >= 15 is 0 Å². The molecule has 24 heavy (non-hydrogen) atoms. The van der Waals surface area contributed by atoms with Crippen LogP contribution in [-0.4, -0.2) is 55.6 Å². The average Bonchev–Trinajstić information content (AvgIpc) is 3.10. The van der Waals surface area contributed by atoms with Gasteiger partial charge in [0, 0.05) is 26.7 Å². The molecule has 0 aliphatic carbocycles. The predicted octanol–water partition coefficient (Wildman–Crippen LogP) is 2.71. The van der Waals surface area contributed by atoms with E-state index in [0.717, 1.165) is 38.9 Å². The molecule has 2 heterocycles. The minimum absolute atomic E-state index is 0.127. The molecule has 2 saturated heterocycles. The van der Waals surface area contributed by atoms with Crippen LogP contribution in [0.25, 0.3) is 0 Å². The molecular formula is C20H30N2O2. The van der Waals surface area contributed by atoms with Gasteiger partial charge in [0.25, 0.3) is 0 Å². The number of amides is 1. The molecule has 0 atom stereocenters. The zero-order valence-corrected chi connectivity index (χ0v) is 14.9. The molecule has 0 aromatic heterocycles. The highest BCUT2D eigenvalue weighted by molar-refractivity contribution is 5.77. The van der Waals surface area contributed by atoms with Crippen LogP contribution < -0.4 is 0 Å². The summed E-state index contributed by atoms with van der Waals surface area (Å²) in [5.74, 6) is 0.822. The fraction of sp³-hybridized carbons (Fsp3) is 0.650. The normalized spacial score (nSPS) is 19.8.